The summed E-state index contributed by atoms with van der Waals surface area (Å²) in [4.78, 5) is 4.01. The number of hydrogen-bond acceptors (Lipinski definition) is 2. The van der Waals surface area contributed by atoms with Crippen molar-refractivity contribution in [2.75, 3.05) is 0 Å². The molecule has 2 nitrogen and oxygen atoms in total. The van der Waals surface area contributed by atoms with Gasteiger partial charge in [0.05, 0.1) is 0 Å². The van der Waals surface area contributed by atoms with E-state index in [1.54, 1.807) is 12.4 Å². The van der Waals surface area contributed by atoms with E-state index in [4.69, 9.17) is 0 Å². The van der Waals surface area contributed by atoms with Crippen LogP contribution in [0.2, 0.25) is 0 Å². The highest BCUT2D eigenvalue weighted by molar-refractivity contribution is 5.62. The van der Waals surface area contributed by atoms with Crippen molar-refractivity contribution >= 4 is 5.70 Å². The molecule has 0 aromatic carbocycles. The predicted molar refractivity (Wildman–Crippen MR) is 72.0 cm³/mol. The van der Waals surface area contributed by atoms with E-state index in [9.17, 15) is 0 Å². The fourth-order valence-electron chi connectivity index (χ4n) is 2.02. The van der Waals surface area contributed by atoms with Crippen LogP contribution >= 0.6 is 0 Å². The van der Waals surface area contributed by atoms with E-state index in [1.807, 2.05) is 12.1 Å². The van der Waals surface area contributed by atoms with Gasteiger partial charge in [0.1, 0.15) is 0 Å². The Morgan fingerprint density at radius 2 is 2.06 bits per heavy atom. The van der Waals surface area contributed by atoms with Gasteiger partial charge in [0.15, 0.2) is 0 Å². The second-order valence-corrected chi connectivity index (χ2v) is 4.58. The molecule has 88 valence electrons. The Morgan fingerprint density at radius 1 is 1.35 bits per heavy atom. The highest BCUT2D eigenvalue weighted by atomic mass is 14.9. The first-order chi connectivity index (χ1) is 8.16. The van der Waals surface area contributed by atoms with Gasteiger partial charge in [0.2, 0.25) is 0 Å². The number of hydrogen-bond donors (Lipinski definition) is 1. The van der Waals surface area contributed by atoms with Crippen LogP contribution in [0.15, 0.2) is 54.5 Å². The first kappa shape index (κ1) is 11.6. The van der Waals surface area contributed by atoms with E-state index in [0.717, 1.165) is 17.7 Å². The van der Waals surface area contributed by atoms with Gasteiger partial charge in [-0.15, -0.1) is 0 Å². The van der Waals surface area contributed by atoms with Crippen LogP contribution in [0.3, 0.4) is 0 Å². The largest absolute Gasteiger partial charge is 0.359 e. The zero-order chi connectivity index (χ0) is 12.3. The van der Waals surface area contributed by atoms with Gasteiger partial charge in [-0.25, -0.2) is 0 Å². The van der Waals surface area contributed by atoms with Crippen molar-refractivity contribution in [2.24, 2.45) is 5.92 Å². The molecule has 0 saturated carbocycles. The fraction of sp³-hybridized carbons (Fsp3) is 0.267. The molecule has 0 radical (unpaired) electrons. The van der Waals surface area contributed by atoms with Crippen molar-refractivity contribution in [1.82, 2.24) is 10.3 Å². The molecule has 0 amide bonds. The molecule has 1 aromatic heterocycles. The summed E-state index contributed by atoms with van der Waals surface area (Å²) in [6.45, 7) is 8.47. The summed E-state index contributed by atoms with van der Waals surface area (Å²) in [5, 5.41) is 3.40. The molecule has 1 aromatic rings. The maximum atomic E-state index is 4.07. The van der Waals surface area contributed by atoms with Crippen molar-refractivity contribution in [3.05, 3.63) is 60.1 Å². The molecule has 0 fully saturated rings. The zero-order valence-corrected chi connectivity index (χ0v) is 10.4. The topological polar surface area (TPSA) is 24.9 Å². The van der Waals surface area contributed by atoms with E-state index < -0.39 is 0 Å². The number of allylic oxidation sites excluding steroid dienone is 4. The summed E-state index contributed by atoms with van der Waals surface area (Å²) in [6.07, 6.45) is 9.00. The Labute approximate surface area is 103 Å². The lowest BCUT2D eigenvalue weighted by Crippen LogP contribution is -2.19. The van der Waals surface area contributed by atoms with E-state index in [1.165, 1.54) is 11.3 Å². The summed E-state index contributed by atoms with van der Waals surface area (Å²) in [6, 6.07) is 3.93. The lowest BCUT2D eigenvalue weighted by molar-refractivity contribution is 0.630. The minimum Gasteiger partial charge on any atom is -0.359 e. The number of aromatic nitrogens is 1. The lowest BCUT2D eigenvalue weighted by Gasteiger charge is -2.22. The van der Waals surface area contributed by atoms with Crippen LogP contribution in [0.1, 0.15) is 25.8 Å². The summed E-state index contributed by atoms with van der Waals surface area (Å²) >= 11 is 0. The standard InChI is InChI=1S/C15H18N2/c1-11-4-5-15(12(2)10-11)17-13(3)14-6-8-16-9-7-14/h4-9,12,17H,3,10H2,1-2H3. The second-order valence-electron chi connectivity index (χ2n) is 4.58. The molecular weight excluding hydrogens is 208 g/mol. The SMILES string of the molecule is C=C(NC1=CC=C(C)CC1C)c1ccncc1. The fourth-order valence-corrected chi connectivity index (χ4v) is 2.02. The summed E-state index contributed by atoms with van der Waals surface area (Å²) in [5.41, 5.74) is 4.67. The van der Waals surface area contributed by atoms with Crippen molar-refractivity contribution in [3.8, 4) is 0 Å². The number of nitrogens with zero attached hydrogens (tertiary/aromatic N) is 1. The molecule has 0 spiro atoms. The van der Waals surface area contributed by atoms with Gasteiger partial charge in [-0.2, -0.15) is 0 Å². The normalized spacial score (nSPS) is 19.3. The first-order valence-electron chi connectivity index (χ1n) is 5.90. The van der Waals surface area contributed by atoms with Crippen LogP contribution in [-0.2, 0) is 0 Å². The highest BCUT2D eigenvalue weighted by Gasteiger charge is 2.13. The molecule has 17 heavy (non-hydrogen) atoms. The van der Waals surface area contributed by atoms with Gasteiger partial charge in [0, 0.05) is 29.4 Å². The Morgan fingerprint density at radius 3 is 2.71 bits per heavy atom. The molecule has 2 heteroatoms. The maximum Gasteiger partial charge on any atom is 0.0383 e. The van der Waals surface area contributed by atoms with Crippen molar-refractivity contribution in [1.29, 1.82) is 0 Å². The van der Waals surface area contributed by atoms with Gasteiger partial charge < -0.3 is 5.32 Å². The minimum absolute atomic E-state index is 0.526. The van der Waals surface area contributed by atoms with Gasteiger partial charge >= 0.3 is 0 Å². The second kappa shape index (κ2) is 5.00. The molecular formula is C15H18N2. The van der Waals surface area contributed by atoms with Crippen molar-refractivity contribution in [2.45, 2.75) is 20.3 Å². The zero-order valence-electron chi connectivity index (χ0n) is 10.4. The molecule has 1 unspecified atom stereocenters. The lowest BCUT2D eigenvalue weighted by atomic mass is 9.93. The third-order valence-corrected chi connectivity index (χ3v) is 3.03. The van der Waals surface area contributed by atoms with E-state index >= 15 is 0 Å². The number of rotatable bonds is 3. The molecule has 1 aliphatic rings. The Hall–Kier alpha value is -1.83. The summed E-state index contributed by atoms with van der Waals surface area (Å²) < 4.78 is 0. The minimum atomic E-state index is 0.526. The van der Waals surface area contributed by atoms with E-state index in [0.29, 0.717) is 5.92 Å². The molecule has 1 heterocycles. The molecule has 1 aliphatic carbocycles. The van der Waals surface area contributed by atoms with Crippen LogP contribution in [0, 0.1) is 5.92 Å². The predicted octanol–water partition coefficient (Wildman–Crippen LogP) is 3.51. The average molecular weight is 226 g/mol. The van der Waals surface area contributed by atoms with E-state index in [-0.39, 0.29) is 0 Å². The van der Waals surface area contributed by atoms with E-state index in [2.05, 4.69) is 42.9 Å². The Balaban J connectivity index is 2.10. The molecule has 1 atom stereocenters. The molecule has 1 N–H and O–H groups in total. The first-order valence-corrected chi connectivity index (χ1v) is 5.90. The highest BCUT2D eigenvalue weighted by Crippen LogP contribution is 2.24. The molecule has 0 saturated heterocycles. The molecule has 0 bridgehead atoms. The van der Waals surface area contributed by atoms with Gasteiger partial charge in [-0.05, 0) is 37.5 Å². The van der Waals surface area contributed by atoms with Crippen LogP contribution in [0.5, 0.6) is 0 Å². The van der Waals surface area contributed by atoms with Crippen LogP contribution in [-0.4, -0.2) is 4.98 Å². The van der Waals surface area contributed by atoms with Gasteiger partial charge in [-0.1, -0.05) is 25.2 Å². The van der Waals surface area contributed by atoms with Crippen molar-refractivity contribution in [3.63, 3.8) is 0 Å². The number of nitrogens with one attached hydrogen (secondary N) is 1. The quantitative estimate of drug-likeness (QED) is 0.853. The third-order valence-electron chi connectivity index (χ3n) is 3.03. The monoisotopic (exact) mass is 226 g/mol. The van der Waals surface area contributed by atoms with Crippen molar-refractivity contribution < 1.29 is 0 Å². The smallest absolute Gasteiger partial charge is 0.0383 e. The summed E-state index contributed by atoms with van der Waals surface area (Å²) in [7, 11) is 0. The molecule has 2 rings (SSSR count). The van der Waals surface area contributed by atoms with Crippen LogP contribution in [0.25, 0.3) is 5.70 Å². The van der Waals surface area contributed by atoms with Gasteiger partial charge in [-0.3, -0.25) is 4.98 Å². The van der Waals surface area contributed by atoms with Gasteiger partial charge in [0.25, 0.3) is 0 Å². The molecule has 0 aliphatic heterocycles. The third kappa shape index (κ3) is 2.84. The Bertz CT molecular complexity index is 469. The maximum absolute atomic E-state index is 4.07. The van der Waals surface area contributed by atoms with Crippen LogP contribution in [0.4, 0.5) is 0 Å². The van der Waals surface area contributed by atoms with Crippen LogP contribution < -0.4 is 5.32 Å². The number of pyridine rings is 1. The average Bonchev–Trinajstić information content (AvgIpc) is 2.34. The summed E-state index contributed by atoms with van der Waals surface area (Å²) in [5.74, 6) is 0.526. The Kier molecular flexibility index (Phi) is 3.43.